The standard InChI is InChI=1S/C28H29F2N5O5S/c1-16-2-6-19(7-3-16)39-20-8-4-17(5-9-20)26(37)34-13-24(36)35-14-21(40-28(29)30)11-23(35)27(38)33-12-22-10-18(15-41-22)25(31)32/h2-10,15,21,23,28H,11-14H2,1H3,(H3,31,32)(H,33,38)(H,34,37)/t21-,23+/m1/s1. The highest BCUT2D eigenvalue weighted by molar-refractivity contribution is 7.10. The fraction of sp³-hybridized carbons (Fsp3) is 0.286. The Kier molecular flexibility index (Phi) is 9.63. The Hall–Kier alpha value is -4.36. The van der Waals surface area contributed by atoms with Gasteiger partial charge in [-0.3, -0.25) is 19.8 Å². The number of alkyl halides is 2. The van der Waals surface area contributed by atoms with E-state index in [1.165, 1.54) is 11.3 Å². The smallest absolute Gasteiger partial charge is 0.345 e. The fourth-order valence-electron chi connectivity index (χ4n) is 4.25. The summed E-state index contributed by atoms with van der Waals surface area (Å²) in [6.07, 6.45) is -1.17. The lowest BCUT2D eigenvalue weighted by atomic mass is 10.1. The van der Waals surface area contributed by atoms with Crippen molar-refractivity contribution in [2.24, 2.45) is 5.73 Å². The zero-order chi connectivity index (χ0) is 29.5. The van der Waals surface area contributed by atoms with Crippen molar-refractivity contribution in [3.63, 3.8) is 0 Å². The number of thiophene rings is 1. The quantitative estimate of drug-likeness (QED) is 0.200. The summed E-state index contributed by atoms with van der Waals surface area (Å²) in [5.41, 5.74) is 7.36. The van der Waals surface area contributed by atoms with Crippen molar-refractivity contribution in [2.45, 2.75) is 38.6 Å². The number of rotatable bonds is 11. The lowest BCUT2D eigenvalue weighted by Crippen LogP contribution is -2.48. The fourth-order valence-corrected chi connectivity index (χ4v) is 5.07. The van der Waals surface area contributed by atoms with Crippen molar-refractivity contribution in [3.05, 3.63) is 81.5 Å². The van der Waals surface area contributed by atoms with Crippen molar-refractivity contribution in [2.75, 3.05) is 13.1 Å². The zero-order valence-corrected chi connectivity index (χ0v) is 22.9. The molecule has 13 heteroatoms. The first-order valence-electron chi connectivity index (χ1n) is 12.6. The molecule has 0 bridgehead atoms. The molecule has 2 heterocycles. The SMILES string of the molecule is Cc1ccc(Oc2ccc(C(=O)NCC(=O)N3C[C@H](OC(F)F)C[C@H]3C(=O)NCc3cc(C(=N)N)cs3)cc2)cc1. The summed E-state index contributed by atoms with van der Waals surface area (Å²) in [5, 5.41) is 14.4. The van der Waals surface area contributed by atoms with E-state index in [-0.39, 0.29) is 30.9 Å². The number of ether oxygens (including phenoxy) is 2. The Morgan fingerprint density at radius 1 is 1.07 bits per heavy atom. The van der Waals surface area contributed by atoms with Gasteiger partial charge in [0.15, 0.2) is 0 Å². The summed E-state index contributed by atoms with van der Waals surface area (Å²) in [7, 11) is 0. The molecule has 0 unspecified atom stereocenters. The number of aryl methyl sites for hydroxylation is 1. The predicted octanol–water partition coefficient (Wildman–Crippen LogP) is 3.39. The van der Waals surface area contributed by atoms with E-state index < -0.39 is 43.0 Å². The van der Waals surface area contributed by atoms with Crippen LogP contribution in [0.2, 0.25) is 0 Å². The van der Waals surface area contributed by atoms with Gasteiger partial charge < -0.3 is 30.7 Å². The summed E-state index contributed by atoms with van der Waals surface area (Å²) in [6.45, 7) is -1.66. The number of hydrogen-bond donors (Lipinski definition) is 4. The number of likely N-dealkylation sites (tertiary alicyclic amines) is 1. The van der Waals surface area contributed by atoms with Crippen LogP contribution in [0.3, 0.4) is 0 Å². The molecule has 5 N–H and O–H groups in total. The van der Waals surface area contributed by atoms with E-state index in [1.54, 1.807) is 35.7 Å². The van der Waals surface area contributed by atoms with Crippen molar-refractivity contribution in [3.8, 4) is 11.5 Å². The van der Waals surface area contributed by atoms with Crippen LogP contribution in [0.15, 0.2) is 60.0 Å². The van der Waals surface area contributed by atoms with E-state index in [2.05, 4.69) is 15.4 Å². The number of benzene rings is 2. The van der Waals surface area contributed by atoms with Gasteiger partial charge in [-0.15, -0.1) is 11.3 Å². The van der Waals surface area contributed by atoms with Gasteiger partial charge in [0.2, 0.25) is 11.8 Å². The maximum atomic E-state index is 13.0. The molecule has 1 aromatic heterocycles. The lowest BCUT2D eigenvalue weighted by Gasteiger charge is -2.23. The van der Waals surface area contributed by atoms with E-state index in [0.29, 0.717) is 17.1 Å². The summed E-state index contributed by atoms with van der Waals surface area (Å²) in [5.74, 6) is -0.627. The Balaban J connectivity index is 1.33. The number of carbonyl (C=O) groups excluding carboxylic acids is 3. The average molecular weight is 586 g/mol. The van der Waals surface area contributed by atoms with Crippen molar-refractivity contribution in [1.29, 1.82) is 5.41 Å². The third kappa shape index (κ3) is 8.08. The van der Waals surface area contributed by atoms with Gasteiger partial charge in [-0.1, -0.05) is 17.7 Å². The largest absolute Gasteiger partial charge is 0.457 e. The molecule has 41 heavy (non-hydrogen) atoms. The van der Waals surface area contributed by atoms with Crippen molar-refractivity contribution in [1.82, 2.24) is 15.5 Å². The molecule has 4 rings (SSSR count). The predicted molar refractivity (Wildman–Crippen MR) is 148 cm³/mol. The Morgan fingerprint density at radius 2 is 1.73 bits per heavy atom. The van der Waals surface area contributed by atoms with E-state index in [9.17, 15) is 23.2 Å². The molecule has 3 aromatic rings. The molecule has 0 spiro atoms. The molecule has 1 fully saturated rings. The second-order valence-corrected chi connectivity index (χ2v) is 10.4. The van der Waals surface area contributed by atoms with Crippen molar-refractivity contribution < 1.29 is 32.6 Å². The number of nitrogens with two attached hydrogens (primary N) is 1. The van der Waals surface area contributed by atoms with Crippen LogP contribution in [0.5, 0.6) is 11.5 Å². The van der Waals surface area contributed by atoms with Gasteiger partial charge in [0.25, 0.3) is 5.91 Å². The number of nitrogen functional groups attached to an aromatic ring is 1. The van der Waals surface area contributed by atoms with Gasteiger partial charge in [-0.05, 0) is 49.4 Å². The summed E-state index contributed by atoms with van der Waals surface area (Å²) >= 11 is 1.29. The summed E-state index contributed by atoms with van der Waals surface area (Å²) in [4.78, 5) is 40.4. The van der Waals surface area contributed by atoms with E-state index in [1.807, 2.05) is 31.2 Å². The third-order valence-corrected chi connectivity index (χ3v) is 7.29. The lowest BCUT2D eigenvalue weighted by molar-refractivity contribution is -0.160. The van der Waals surface area contributed by atoms with Crippen LogP contribution in [0.25, 0.3) is 0 Å². The first-order valence-corrected chi connectivity index (χ1v) is 13.5. The highest BCUT2D eigenvalue weighted by Gasteiger charge is 2.41. The molecule has 216 valence electrons. The Bertz CT molecular complexity index is 1400. The van der Waals surface area contributed by atoms with Crippen LogP contribution >= 0.6 is 11.3 Å². The molecule has 1 saturated heterocycles. The third-order valence-electron chi connectivity index (χ3n) is 6.36. The monoisotopic (exact) mass is 585 g/mol. The molecular weight excluding hydrogens is 556 g/mol. The summed E-state index contributed by atoms with van der Waals surface area (Å²) < 4.78 is 36.1. The maximum absolute atomic E-state index is 13.0. The molecule has 0 saturated carbocycles. The highest BCUT2D eigenvalue weighted by atomic mass is 32.1. The van der Waals surface area contributed by atoms with E-state index in [0.717, 1.165) is 15.3 Å². The number of nitrogens with one attached hydrogen (secondary N) is 3. The minimum Gasteiger partial charge on any atom is -0.457 e. The number of amidine groups is 1. The zero-order valence-electron chi connectivity index (χ0n) is 22.1. The molecular formula is C28H29F2N5O5S. The first kappa shape index (κ1) is 29.6. The number of carbonyl (C=O) groups is 3. The van der Waals surface area contributed by atoms with E-state index >= 15 is 0 Å². The van der Waals surface area contributed by atoms with Gasteiger partial charge >= 0.3 is 6.61 Å². The van der Waals surface area contributed by atoms with Crippen LogP contribution < -0.4 is 21.1 Å². The summed E-state index contributed by atoms with van der Waals surface area (Å²) in [6, 6.07) is 14.4. The Morgan fingerprint density at radius 3 is 2.34 bits per heavy atom. The maximum Gasteiger partial charge on any atom is 0.345 e. The molecule has 0 radical (unpaired) electrons. The molecule has 2 atom stereocenters. The molecule has 3 amide bonds. The highest BCUT2D eigenvalue weighted by Crippen LogP contribution is 2.24. The number of nitrogens with zero attached hydrogens (tertiary/aromatic N) is 1. The van der Waals surface area contributed by atoms with Gasteiger partial charge in [-0.2, -0.15) is 8.78 Å². The van der Waals surface area contributed by atoms with Gasteiger partial charge in [0.05, 0.1) is 19.2 Å². The molecule has 2 aromatic carbocycles. The van der Waals surface area contributed by atoms with E-state index in [4.69, 9.17) is 15.9 Å². The molecule has 0 aliphatic carbocycles. The van der Waals surface area contributed by atoms with Crippen LogP contribution in [0.4, 0.5) is 8.78 Å². The second kappa shape index (κ2) is 13.3. The van der Waals surface area contributed by atoms with Crippen molar-refractivity contribution >= 4 is 34.9 Å². The van der Waals surface area contributed by atoms with Gasteiger partial charge in [0, 0.05) is 34.3 Å². The number of amides is 3. The number of halogens is 2. The number of hydrogen-bond acceptors (Lipinski definition) is 7. The minimum absolute atomic E-state index is 0.105. The van der Waals surface area contributed by atoms with Crippen LogP contribution in [-0.4, -0.2) is 60.3 Å². The average Bonchev–Trinajstić information content (AvgIpc) is 3.59. The van der Waals surface area contributed by atoms with Crippen LogP contribution in [-0.2, 0) is 20.9 Å². The Labute approximate surface area is 238 Å². The normalized spacial score (nSPS) is 16.4. The van der Waals surface area contributed by atoms with Gasteiger partial charge in [0.1, 0.15) is 23.4 Å². The second-order valence-electron chi connectivity index (χ2n) is 9.37. The van der Waals surface area contributed by atoms with Crippen LogP contribution in [0, 0.1) is 12.3 Å². The molecule has 10 nitrogen and oxygen atoms in total. The topological polar surface area (TPSA) is 147 Å². The first-order chi connectivity index (χ1) is 19.6. The van der Waals surface area contributed by atoms with Gasteiger partial charge in [-0.25, -0.2) is 0 Å². The molecule has 1 aliphatic rings. The van der Waals surface area contributed by atoms with Crippen LogP contribution in [0.1, 0.15) is 32.8 Å². The molecule has 1 aliphatic heterocycles. The minimum atomic E-state index is -3.06.